The third-order valence-corrected chi connectivity index (χ3v) is 4.53. The number of benzene rings is 2. The van der Waals surface area contributed by atoms with E-state index in [2.05, 4.69) is 15.6 Å². The Hall–Kier alpha value is -3.09. The highest BCUT2D eigenvalue weighted by atomic mass is 35.5. The summed E-state index contributed by atoms with van der Waals surface area (Å²) >= 11 is 12.1. The van der Waals surface area contributed by atoms with Crippen molar-refractivity contribution >= 4 is 40.8 Å². The van der Waals surface area contributed by atoms with E-state index in [0.717, 1.165) is 11.1 Å². The van der Waals surface area contributed by atoms with Gasteiger partial charge in [-0.25, -0.2) is 9.78 Å². The van der Waals surface area contributed by atoms with Crippen LogP contribution in [-0.4, -0.2) is 16.9 Å². The standard InChI is InChI=1S/C21H17Cl2N3O3/c1-12-9-17(23)20(24-11-12)29-18-8-7-14(10-13(18)2)25-21(28)26-19(27)15-5-3-4-6-16(15)22/h3-11H,1-2H3,(H2,25,26,27,28). The van der Waals surface area contributed by atoms with Gasteiger partial charge in [-0.05, 0) is 61.4 Å². The summed E-state index contributed by atoms with van der Waals surface area (Å²) in [5, 5.41) is 5.51. The van der Waals surface area contributed by atoms with E-state index in [1.54, 1.807) is 48.7 Å². The minimum absolute atomic E-state index is 0.215. The van der Waals surface area contributed by atoms with E-state index in [9.17, 15) is 9.59 Å². The molecule has 0 aliphatic rings. The van der Waals surface area contributed by atoms with E-state index in [1.165, 1.54) is 6.07 Å². The van der Waals surface area contributed by atoms with Gasteiger partial charge in [0.1, 0.15) is 10.8 Å². The molecule has 3 amide bonds. The number of hydrogen-bond acceptors (Lipinski definition) is 4. The number of carbonyl (C=O) groups is 2. The smallest absolute Gasteiger partial charge is 0.326 e. The third-order valence-electron chi connectivity index (χ3n) is 3.93. The van der Waals surface area contributed by atoms with Gasteiger partial charge in [-0.1, -0.05) is 35.3 Å². The molecule has 0 saturated heterocycles. The number of imide groups is 1. The number of hydrogen-bond donors (Lipinski definition) is 2. The fourth-order valence-corrected chi connectivity index (χ4v) is 3.00. The number of pyridine rings is 1. The predicted octanol–water partition coefficient (Wildman–Crippen LogP) is 5.76. The maximum absolute atomic E-state index is 12.2. The SMILES string of the molecule is Cc1cnc(Oc2ccc(NC(=O)NC(=O)c3ccccc3Cl)cc2C)c(Cl)c1. The van der Waals surface area contributed by atoms with Gasteiger partial charge in [0.25, 0.3) is 5.91 Å². The molecule has 0 aliphatic heterocycles. The molecule has 0 atom stereocenters. The van der Waals surface area contributed by atoms with Crippen LogP contribution in [0.3, 0.4) is 0 Å². The molecule has 3 rings (SSSR count). The summed E-state index contributed by atoms with van der Waals surface area (Å²) in [7, 11) is 0. The molecular formula is C21H17Cl2N3O3. The van der Waals surface area contributed by atoms with Crippen LogP contribution < -0.4 is 15.4 Å². The van der Waals surface area contributed by atoms with Gasteiger partial charge in [-0.3, -0.25) is 10.1 Å². The van der Waals surface area contributed by atoms with Crippen molar-refractivity contribution in [2.45, 2.75) is 13.8 Å². The second-order valence-electron chi connectivity index (χ2n) is 6.27. The Kier molecular flexibility index (Phi) is 6.36. The molecule has 6 nitrogen and oxygen atoms in total. The van der Waals surface area contributed by atoms with Crippen LogP contribution in [0.4, 0.5) is 10.5 Å². The van der Waals surface area contributed by atoms with Crippen LogP contribution in [0.1, 0.15) is 21.5 Å². The van der Waals surface area contributed by atoms with Gasteiger partial charge in [-0.2, -0.15) is 0 Å². The van der Waals surface area contributed by atoms with Crippen molar-refractivity contribution in [3.8, 4) is 11.6 Å². The van der Waals surface area contributed by atoms with Crippen LogP contribution in [0.25, 0.3) is 0 Å². The molecule has 0 fully saturated rings. The number of rotatable bonds is 4. The van der Waals surface area contributed by atoms with Crippen molar-refractivity contribution in [1.29, 1.82) is 0 Å². The number of urea groups is 1. The number of nitrogens with one attached hydrogen (secondary N) is 2. The number of amides is 3. The van der Waals surface area contributed by atoms with Crippen molar-refractivity contribution in [3.05, 3.63) is 81.5 Å². The molecule has 0 radical (unpaired) electrons. The van der Waals surface area contributed by atoms with E-state index in [0.29, 0.717) is 22.3 Å². The Bertz CT molecular complexity index is 1090. The normalized spacial score (nSPS) is 10.3. The largest absolute Gasteiger partial charge is 0.437 e. The van der Waals surface area contributed by atoms with Gasteiger partial charge in [0.05, 0.1) is 10.6 Å². The highest BCUT2D eigenvalue weighted by Crippen LogP contribution is 2.30. The molecule has 1 heterocycles. The van der Waals surface area contributed by atoms with E-state index in [1.807, 2.05) is 13.8 Å². The van der Waals surface area contributed by atoms with Crippen LogP contribution in [0.15, 0.2) is 54.7 Å². The maximum Gasteiger partial charge on any atom is 0.326 e. The fourth-order valence-electron chi connectivity index (χ4n) is 2.52. The van der Waals surface area contributed by atoms with Crippen LogP contribution in [-0.2, 0) is 0 Å². The highest BCUT2D eigenvalue weighted by Gasteiger charge is 2.14. The maximum atomic E-state index is 12.2. The summed E-state index contributed by atoms with van der Waals surface area (Å²) in [5.41, 5.74) is 2.38. The molecule has 148 valence electrons. The molecule has 0 saturated carbocycles. The third kappa shape index (κ3) is 5.25. The Labute approximate surface area is 177 Å². The zero-order chi connectivity index (χ0) is 21.0. The molecule has 8 heteroatoms. The predicted molar refractivity (Wildman–Crippen MR) is 113 cm³/mol. The van der Waals surface area contributed by atoms with Gasteiger partial charge in [0.2, 0.25) is 5.88 Å². The summed E-state index contributed by atoms with van der Waals surface area (Å²) in [6, 6.07) is 12.6. The van der Waals surface area contributed by atoms with Gasteiger partial charge >= 0.3 is 6.03 Å². The lowest BCUT2D eigenvalue weighted by atomic mass is 10.2. The summed E-state index contributed by atoms with van der Waals surface area (Å²) in [5.74, 6) is 0.246. The van der Waals surface area contributed by atoms with Gasteiger partial charge < -0.3 is 10.1 Å². The molecule has 2 N–H and O–H groups in total. The first-order valence-corrected chi connectivity index (χ1v) is 9.36. The average Bonchev–Trinajstić information content (AvgIpc) is 2.66. The number of nitrogens with zero attached hydrogens (tertiary/aromatic N) is 1. The minimum Gasteiger partial charge on any atom is -0.437 e. The van der Waals surface area contributed by atoms with Gasteiger partial charge in [-0.15, -0.1) is 0 Å². The molecule has 0 aliphatic carbocycles. The molecule has 1 aromatic heterocycles. The van der Waals surface area contributed by atoms with E-state index < -0.39 is 11.9 Å². The Balaban J connectivity index is 1.66. The number of anilines is 1. The summed E-state index contributed by atoms with van der Waals surface area (Å²) in [6.07, 6.45) is 1.66. The molecule has 2 aromatic carbocycles. The van der Waals surface area contributed by atoms with Gasteiger partial charge in [0, 0.05) is 11.9 Å². The first kappa shape index (κ1) is 20.6. The second kappa shape index (κ2) is 8.94. The van der Waals surface area contributed by atoms with Crippen molar-refractivity contribution in [2.75, 3.05) is 5.32 Å². The molecule has 0 spiro atoms. The van der Waals surface area contributed by atoms with Crippen molar-refractivity contribution in [2.24, 2.45) is 0 Å². The van der Waals surface area contributed by atoms with Crippen LogP contribution in [0, 0.1) is 13.8 Å². The fraction of sp³-hybridized carbons (Fsp3) is 0.0952. The topological polar surface area (TPSA) is 80.3 Å². The number of halogens is 2. The number of aryl methyl sites for hydroxylation is 2. The molecule has 3 aromatic rings. The minimum atomic E-state index is -0.675. The van der Waals surface area contributed by atoms with E-state index >= 15 is 0 Å². The van der Waals surface area contributed by atoms with Crippen molar-refractivity contribution in [1.82, 2.24) is 10.3 Å². The summed E-state index contributed by atoms with van der Waals surface area (Å²) < 4.78 is 5.75. The quantitative estimate of drug-likeness (QED) is 0.552. The Morgan fingerprint density at radius 3 is 2.45 bits per heavy atom. The lowest BCUT2D eigenvalue weighted by Crippen LogP contribution is -2.34. The van der Waals surface area contributed by atoms with Crippen LogP contribution in [0.5, 0.6) is 11.6 Å². The molecular weight excluding hydrogens is 413 g/mol. The molecule has 0 bridgehead atoms. The second-order valence-corrected chi connectivity index (χ2v) is 7.08. The first-order chi connectivity index (χ1) is 13.8. The number of ether oxygens (including phenoxy) is 1. The van der Waals surface area contributed by atoms with Crippen molar-refractivity contribution in [3.63, 3.8) is 0 Å². The van der Waals surface area contributed by atoms with Gasteiger partial charge in [0.15, 0.2) is 0 Å². The van der Waals surface area contributed by atoms with Crippen LogP contribution in [0.2, 0.25) is 10.0 Å². The lowest BCUT2D eigenvalue weighted by molar-refractivity contribution is 0.0967. The van der Waals surface area contributed by atoms with E-state index in [-0.39, 0.29) is 10.6 Å². The highest BCUT2D eigenvalue weighted by molar-refractivity contribution is 6.34. The molecule has 0 unspecified atom stereocenters. The average molecular weight is 430 g/mol. The van der Waals surface area contributed by atoms with E-state index in [4.69, 9.17) is 27.9 Å². The zero-order valence-corrected chi connectivity index (χ0v) is 17.1. The van der Waals surface area contributed by atoms with Crippen LogP contribution >= 0.6 is 23.2 Å². The lowest BCUT2D eigenvalue weighted by Gasteiger charge is -2.12. The Morgan fingerprint density at radius 1 is 1.00 bits per heavy atom. The number of carbonyl (C=O) groups excluding carboxylic acids is 2. The number of aromatic nitrogens is 1. The molecule has 29 heavy (non-hydrogen) atoms. The van der Waals surface area contributed by atoms with Crippen molar-refractivity contribution < 1.29 is 14.3 Å². The monoisotopic (exact) mass is 429 g/mol. The zero-order valence-electron chi connectivity index (χ0n) is 15.6. The first-order valence-electron chi connectivity index (χ1n) is 8.61. The summed E-state index contributed by atoms with van der Waals surface area (Å²) in [6.45, 7) is 3.70. The Morgan fingerprint density at radius 2 is 1.76 bits per heavy atom. The summed E-state index contributed by atoms with van der Waals surface area (Å²) in [4.78, 5) is 28.4.